The Kier molecular flexibility index (Phi) is 5.77. The minimum Gasteiger partial charge on any atom is -0.454 e. The predicted molar refractivity (Wildman–Crippen MR) is 112 cm³/mol. The molecule has 0 radical (unpaired) electrons. The molecule has 9 nitrogen and oxygen atoms in total. The Hall–Kier alpha value is -3.24. The van der Waals surface area contributed by atoms with Gasteiger partial charge < -0.3 is 19.4 Å². The molecule has 0 atom stereocenters. The second-order valence-electron chi connectivity index (χ2n) is 6.23. The molecule has 0 fully saturated rings. The summed E-state index contributed by atoms with van der Waals surface area (Å²) >= 11 is 7.08. The number of carbonyl (C=O) groups excluding carboxylic acids is 2. The molecular formula is C19H16ClN5O4S. The van der Waals surface area contributed by atoms with E-state index in [1.165, 1.54) is 11.8 Å². The van der Waals surface area contributed by atoms with Crippen molar-refractivity contribution in [2.45, 2.75) is 5.16 Å². The Bertz CT molecular complexity index is 1100. The van der Waals surface area contributed by atoms with Crippen LogP contribution in [0.15, 0.2) is 47.6 Å². The first-order valence-electron chi connectivity index (χ1n) is 8.78. The van der Waals surface area contributed by atoms with Gasteiger partial charge in [-0.05, 0) is 36.4 Å². The number of nitrogens with zero attached hydrogens (tertiary/aromatic N) is 3. The highest BCUT2D eigenvalue weighted by Crippen LogP contribution is 2.34. The molecule has 0 aliphatic carbocycles. The molecule has 2 N–H and O–H groups in total. The first-order chi connectivity index (χ1) is 14.5. The van der Waals surface area contributed by atoms with Crippen molar-refractivity contribution in [2.24, 2.45) is 7.05 Å². The SMILES string of the molecule is Cn1c(SCC(=O)NC(=O)Nc2ccc3c(c2)OCO3)nnc1-c1ccc(Cl)cc1. The second kappa shape index (κ2) is 8.64. The first-order valence-corrected chi connectivity index (χ1v) is 10.1. The lowest BCUT2D eigenvalue weighted by Gasteiger charge is -2.07. The molecule has 0 unspecified atom stereocenters. The summed E-state index contributed by atoms with van der Waals surface area (Å²) in [6.45, 7) is 0.141. The van der Waals surface area contributed by atoms with Gasteiger partial charge in [0.2, 0.25) is 12.7 Å². The summed E-state index contributed by atoms with van der Waals surface area (Å²) in [5.41, 5.74) is 1.34. The van der Waals surface area contributed by atoms with Crippen LogP contribution in [0, 0.1) is 0 Å². The van der Waals surface area contributed by atoms with E-state index in [-0.39, 0.29) is 12.5 Å². The lowest BCUT2D eigenvalue weighted by Crippen LogP contribution is -2.35. The van der Waals surface area contributed by atoms with Gasteiger partial charge in [0.25, 0.3) is 0 Å². The maximum atomic E-state index is 12.1. The molecule has 0 saturated carbocycles. The van der Waals surface area contributed by atoms with Gasteiger partial charge >= 0.3 is 6.03 Å². The van der Waals surface area contributed by atoms with Gasteiger partial charge in [-0.25, -0.2) is 4.79 Å². The van der Waals surface area contributed by atoms with Crippen LogP contribution in [0.2, 0.25) is 5.02 Å². The van der Waals surface area contributed by atoms with E-state index >= 15 is 0 Å². The minimum absolute atomic E-state index is 0.00114. The number of amides is 3. The number of nitrogens with one attached hydrogen (secondary N) is 2. The monoisotopic (exact) mass is 445 g/mol. The Morgan fingerprint density at radius 1 is 1.13 bits per heavy atom. The normalized spacial score (nSPS) is 11.9. The number of ether oxygens (including phenoxy) is 2. The maximum absolute atomic E-state index is 12.1. The van der Waals surface area contributed by atoms with Gasteiger partial charge in [-0.15, -0.1) is 10.2 Å². The summed E-state index contributed by atoms with van der Waals surface area (Å²) in [5.74, 6) is 1.33. The molecule has 2 aromatic carbocycles. The highest BCUT2D eigenvalue weighted by molar-refractivity contribution is 7.99. The fourth-order valence-electron chi connectivity index (χ4n) is 2.72. The van der Waals surface area contributed by atoms with Crippen molar-refractivity contribution in [2.75, 3.05) is 17.9 Å². The van der Waals surface area contributed by atoms with Gasteiger partial charge in [-0.2, -0.15) is 0 Å². The number of anilines is 1. The molecule has 154 valence electrons. The molecule has 1 aromatic heterocycles. The van der Waals surface area contributed by atoms with Crippen LogP contribution in [-0.4, -0.2) is 39.2 Å². The van der Waals surface area contributed by atoms with Gasteiger partial charge in [0, 0.05) is 29.4 Å². The summed E-state index contributed by atoms with van der Waals surface area (Å²) in [5, 5.41) is 14.3. The van der Waals surface area contributed by atoms with Gasteiger partial charge in [-0.3, -0.25) is 10.1 Å². The van der Waals surface area contributed by atoms with Crippen LogP contribution in [0.3, 0.4) is 0 Å². The smallest absolute Gasteiger partial charge is 0.325 e. The Labute approximate surface area is 180 Å². The first kappa shape index (κ1) is 20.0. The largest absolute Gasteiger partial charge is 0.454 e. The molecule has 0 saturated heterocycles. The standard InChI is InChI=1S/C19H16ClN5O4S/c1-25-17(11-2-4-12(20)5-3-11)23-24-19(25)30-9-16(26)22-18(27)21-13-6-7-14-15(8-13)29-10-28-14/h2-8H,9-10H2,1H3,(H2,21,22,26,27). The number of benzene rings is 2. The molecule has 0 bridgehead atoms. The second-order valence-corrected chi connectivity index (χ2v) is 7.61. The number of hydrogen-bond donors (Lipinski definition) is 2. The van der Waals surface area contributed by atoms with Crippen LogP contribution in [-0.2, 0) is 11.8 Å². The minimum atomic E-state index is -0.640. The van der Waals surface area contributed by atoms with E-state index in [0.29, 0.717) is 33.2 Å². The van der Waals surface area contributed by atoms with Crippen molar-refractivity contribution in [3.05, 3.63) is 47.5 Å². The number of fused-ring (bicyclic) bond motifs is 1. The zero-order valence-electron chi connectivity index (χ0n) is 15.7. The number of aromatic nitrogens is 3. The maximum Gasteiger partial charge on any atom is 0.325 e. The average Bonchev–Trinajstić information content (AvgIpc) is 3.33. The number of imide groups is 1. The molecule has 30 heavy (non-hydrogen) atoms. The van der Waals surface area contributed by atoms with Crippen LogP contribution >= 0.6 is 23.4 Å². The highest BCUT2D eigenvalue weighted by Gasteiger charge is 2.16. The van der Waals surface area contributed by atoms with E-state index in [1.807, 2.05) is 12.1 Å². The van der Waals surface area contributed by atoms with Crippen molar-refractivity contribution < 1.29 is 19.1 Å². The molecule has 0 spiro atoms. The molecule has 3 aromatic rings. The van der Waals surface area contributed by atoms with Gasteiger partial charge in [0.05, 0.1) is 5.75 Å². The molecule has 4 rings (SSSR count). The lowest BCUT2D eigenvalue weighted by atomic mass is 10.2. The van der Waals surface area contributed by atoms with Crippen LogP contribution in [0.1, 0.15) is 0 Å². The van der Waals surface area contributed by atoms with E-state index in [9.17, 15) is 9.59 Å². The van der Waals surface area contributed by atoms with E-state index in [2.05, 4.69) is 20.8 Å². The van der Waals surface area contributed by atoms with Gasteiger partial charge in [-0.1, -0.05) is 23.4 Å². The zero-order valence-corrected chi connectivity index (χ0v) is 17.3. The van der Waals surface area contributed by atoms with Crippen LogP contribution in [0.5, 0.6) is 11.5 Å². The Morgan fingerprint density at radius 2 is 1.90 bits per heavy atom. The molecule has 1 aliphatic heterocycles. The van der Waals surface area contributed by atoms with Crippen molar-refractivity contribution in [3.8, 4) is 22.9 Å². The Morgan fingerprint density at radius 3 is 2.70 bits per heavy atom. The third-order valence-corrected chi connectivity index (χ3v) is 5.43. The lowest BCUT2D eigenvalue weighted by molar-refractivity contribution is -0.117. The van der Waals surface area contributed by atoms with Crippen molar-refractivity contribution in [3.63, 3.8) is 0 Å². The number of rotatable bonds is 5. The van der Waals surface area contributed by atoms with Crippen LogP contribution < -0.4 is 20.1 Å². The van der Waals surface area contributed by atoms with Crippen LogP contribution in [0.25, 0.3) is 11.4 Å². The fourth-order valence-corrected chi connectivity index (χ4v) is 3.56. The quantitative estimate of drug-likeness (QED) is 0.580. The van der Waals surface area contributed by atoms with E-state index in [4.69, 9.17) is 21.1 Å². The summed E-state index contributed by atoms with van der Waals surface area (Å²) in [7, 11) is 1.80. The third-order valence-electron chi connectivity index (χ3n) is 4.15. The number of thioether (sulfide) groups is 1. The molecule has 11 heteroatoms. The summed E-state index contributed by atoms with van der Waals surface area (Å²) in [4.78, 5) is 24.2. The third kappa shape index (κ3) is 4.50. The van der Waals surface area contributed by atoms with Gasteiger partial charge in [0.15, 0.2) is 22.5 Å². The average molecular weight is 446 g/mol. The molecule has 3 amide bonds. The number of halogens is 1. The van der Waals surface area contributed by atoms with E-state index < -0.39 is 11.9 Å². The van der Waals surface area contributed by atoms with E-state index in [1.54, 1.807) is 41.9 Å². The Balaban J connectivity index is 1.30. The molecule has 2 heterocycles. The topological polar surface area (TPSA) is 107 Å². The number of urea groups is 1. The molecular weight excluding hydrogens is 430 g/mol. The van der Waals surface area contributed by atoms with E-state index in [0.717, 1.165) is 5.56 Å². The molecule has 1 aliphatic rings. The number of carbonyl (C=O) groups is 2. The van der Waals surface area contributed by atoms with Crippen molar-refractivity contribution in [1.29, 1.82) is 0 Å². The summed E-state index contributed by atoms with van der Waals surface area (Å²) in [6, 6.07) is 11.5. The van der Waals surface area contributed by atoms with Crippen molar-refractivity contribution >= 4 is 41.0 Å². The zero-order chi connectivity index (χ0) is 21.1. The van der Waals surface area contributed by atoms with Crippen molar-refractivity contribution in [1.82, 2.24) is 20.1 Å². The van der Waals surface area contributed by atoms with Crippen LogP contribution in [0.4, 0.5) is 10.5 Å². The fraction of sp³-hybridized carbons (Fsp3) is 0.158. The summed E-state index contributed by atoms with van der Waals surface area (Å²) in [6.07, 6.45) is 0. The number of hydrogen-bond acceptors (Lipinski definition) is 7. The highest BCUT2D eigenvalue weighted by atomic mass is 35.5. The summed E-state index contributed by atoms with van der Waals surface area (Å²) < 4.78 is 12.2. The predicted octanol–water partition coefficient (Wildman–Crippen LogP) is 3.30. The van der Waals surface area contributed by atoms with Gasteiger partial charge in [0.1, 0.15) is 0 Å².